The van der Waals surface area contributed by atoms with Crippen LogP contribution in [0.25, 0.3) is 98.1 Å². The summed E-state index contributed by atoms with van der Waals surface area (Å²) in [7, 11) is 46.0. The van der Waals surface area contributed by atoms with E-state index in [1.165, 1.54) is 10.8 Å². The van der Waals surface area contributed by atoms with Gasteiger partial charge in [0.15, 0.2) is 17.5 Å². The Morgan fingerprint density at radius 2 is 0.897 bits per heavy atom. The summed E-state index contributed by atoms with van der Waals surface area (Å²) in [5, 5.41) is 5.20. The Morgan fingerprint density at radius 3 is 1.66 bits per heavy atom. The lowest BCUT2D eigenvalue weighted by Gasteiger charge is -2.24. The summed E-state index contributed by atoms with van der Waals surface area (Å²) < 4.78 is 2.25. The molecule has 2 aromatic heterocycles. The van der Waals surface area contributed by atoms with E-state index in [9.17, 15) is 0 Å². The van der Waals surface area contributed by atoms with Crippen LogP contribution in [-0.2, 0) is 0 Å². The molecule has 0 unspecified atom stereocenters. The SMILES string of the molecule is [B]c1c([B])c([B])c2c([B])c(-c3nc(-c4cccc(-c5ccc(-c6ccc7ccccc7c6)cc5)c4)nc(-c4cccc5sc6ccccc6c45)n3)c([B])c([B])c2c1[B]. The molecule has 14 radical (unpaired) electrons. The molecule has 0 saturated carbocycles. The number of hydrogen-bond donors (Lipinski definition) is 0. The Morgan fingerprint density at radius 1 is 0.345 bits per heavy atom. The van der Waals surface area contributed by atoms with Crippen molar-refractivity contribution in [1.29, 1.82) is 0 Å². The summed E-state index contributed by atoms with van der Waals surface area (Å²) in [6.45, 7) is 0. The first kappa shape index (κ1) is 36.3. The first-order chi connectivity index (χ1) is 28.2. The van der Waals surface area contributed by atoms with Crippen LogP contribution in [0.5, 0.6) is 0 Å². The van der Waals surface area contributed by atoms with Gasteiger partial charge in [-0.1, -0.05) is 137 Å². The van der Waals surface area contributed by atoms with Crippen molar-refractivity contribution < 1.29 is 0 Å². The summed E-state index contributed by atoms with van der Waals surface area (Å²) >= 11 is 1.71. The van der Waals surface area contributed by atoms with E-state index in [-0.39, 0.29) is 49.6 Å². The fourth-order valence-electron chi connectivity index (χ4n) is 7.93. The maximum Gasteiger partial charge on any atom is 0.164 e. The third-order valence-corrected chi connectivity index (χ3v) is 12.1. The monoisotopic (exact) mass is 737 g/mol. The van der Waals surface area contributed by atoms with Gasteiger partial charge < -0.3 is 0 Å². The maximum absolute atomic E-state index is 6.95. The molecule has 0 amide bonds. The van der Waals surface area contributed by atoms with Crippen LogP contribution in [0.4, 0.5) is 0 Å². The molecule has 0 spiro atoms. The van der Waals surface area contributed by atoms with Crippen molar-refractivity contribution >= 4 is 146 Å². The molecular formula is C47H22B7N3S. The van der Waals surface area contributed by atoms with Gasteiger partial charge in [-0.3, -0.25) is 0 Å². The summed E-state index contributed by atoms with van der Waals surface area (Å²) in [5.41, 5.74) is 7.09. The van der Waals surface area contributed by atoms with Crippen LogP contribution in [0.3, 0.4) is 0 Å². The van der Waals surface area contributed by atoms with E-state index < -0.39 is 0 Å². The molecule has 0 aliphatic carbocycles. The second kappa shape index (κ2) is 14.1. The smallest absolute Gasteiger partial charge is 0.164 e. The zero-order valence-corrected chi connectivity index (χ0v) is 31.8. The Balaban J connectivity index is 1.16. The molecular weight excluding hydrogens is 714 g/mol. The van der Waals surface area contributed by atoms with Crippen molar-refractivity contribution in [2.45, 2.75) is 0 Å². The van der Waals surface area contributed by atoms with E-state index in [1.54, 1.807) is 11.3 Å². The first-order valence-corrected chi connectivity index (χ1v) is 19.4. The van der Waals surface area contributed by atoms with Gasteiger partial charge in [-0.05, 0) is 68.1 Å². The fraction of sp³-hybridized carbons (Fsp3) is 0. The van der Waals surface area contributed by atoms with Gasteiger partial charge in [0, 0.05) is 36.9 Å². The van der Waals surface area contributed by atoms with E-state index in [0.29, 0.717) is 22.4 Å². The normalized spacial score (nSPS) is 11.6. The van der Waals surface area contributed by atoms with Gasteiger partial charge in [-0.25, -0.2) is 15.0 Å². The van der Waals surface area contributed by atoms with E-state index in [1.807, 2.05) is 36.4 Å². The minimum Gasteiger partial charge on any atom is -0.208 e. The first-order valence-electron chi connectivity index (χ1n) is 18.6. The van der Waals surface area contributed by atoms with E-state index >= 15 is 0 Å². The predicted molar refractivity (Wildman–Crippen MR) is 253 cm³/mol. The van der Waals surface area contributed by atoms with Crippen molar-refractivity contribution in [1.82, 2.24) is 15.0 Å². The second-order valence-corrected chi connectivity index (χ2v) is 15.4. The minimum atomic E-state index is 0.0990. The quantitative estimate of drug-likeness (QED) is 0.246. The maximum atomic E-state index is 6.95. The molecule has 8 aromatic carbocycles. The van der Waals surface area contributed by atoms with Gasteiger partial charge >= 0.3 is 0 Å². The minimum absolute atomic E-state index is 0.0990. The molecule has 0 fully saturated rings. The fourth-order valence-corrected chi connectivity index (χ4v) is 9.06. The topological polar surface area (TPSA) is 38.7 Å². The standard InChI is InChI=1S/C47H22B7N3S/c48-38-35-36(41(51)44(54)43(53)40(35)50)39(49)42(52)37(38)47-56-45(55-46(57-47)31-12-6-14-33-34(31)30-11-3-4-13-32(30)58-33)29-10-5-9-27(22-29)24-15-17-25(18-16-24)28-20-19-23-7-1-2-8-26(23)21-28/h1-22H. The van der Waals surface area contributed by atoms with Crippen LogP contribution >= 0.6 is 11.3 Å². The van der Waals surface area contributed by atoms with Gasteiger partial charge in [-0.15, -0.1) is 22.3 Å². The average Bonchev–Trinajstić information content (AvgIpc) is 3.65. The van der Waals surface area contributed by atoms with Crippen LogP contribution < -0.4 is 38.2 Å². The predicted octanol–water partition coefficient (Wildman–Crippen LogP) is 4.44. The summed E-state index contributed by atoms with van der Waals surface area (Å²) in [4.78, 5) is 15.3. The largest absolute Gasteiger partial charge is 0.208 e. The number of benzene rings is 8. The molecule has 2 heterocycles. The summed E-state index contributed by atoms with van der Waals surface area (Å²) in [6, 6.07) is 46.0. The second-order valence-electron chi connectivity index (χ2n) is 14.3. The molecule has 0 aliphatic heterocycles. The highest BCUT2D eigenvalue weighted by atomic mass is 32.1. The van der Waals surface area contributed by atoms with Crippen molar-refractivity contribution in [3.8, 4) is 56.4 Å². The molecule has 3 nitrogen and oxygen atoms in total. The molecule has 0 bridgehead atoms. The van der Waals surface area contributed by atoms with Gasteiger partial charge in [0.2, 0.25) is 0 Å². The third kappa shape index (κ3) is 5.86. The number of hydrogen-bond acceptors (Lipinski definition) is 4. The Bertz CT molecular complexity index is 3330. The van der Waals surface area contributed by atoms with Crippen LogP contribution in [0, 0.1) is 0 Å². The zero-order chi connectivity index (χ0) is 39.8. The third-order valence-electron chi connectivity index (χ3n) is 11.0. The lowest BCUT2D eigenvalue weighted by atomic mass is 9.59. The Labute approximate surface area is 349 Å². The van der Waals surface area contributed by atoms with Gasteiger partial charge in [-0.2, -0.15) is 0 Å². The lowest BCUT2D eigenvalue weighted by molar-refractivity contribution is 1.08. The number of fused-ring (bicyclic) bond motifs is 5. The zero-order valence-electron chi connectivity index (χ0n) is 31.0. The molecule has 0 atom stereocenters. The molecule has 0 saturated heterocycles. The molecule has 10 rings (SSSR count). The van der Waals surface area contributed by atoms with E-state index in [2.05, 4.69) is 97.1 Å². The van der Waals surface area contributed by atoms with E-state index in [4.69, 9.17) is 69.9 Å². The number of nitrogens with zero attached hydrogens (tertiary/aromatic N) is 3. The Hall–Kier alpha value is -6.04. The van der Waals surface area contributed by atoms with Crippen molar-refractivity contribution in [3.63, 3.8) is 0 Å². The Kier molecular flexibility index (Phi) is 8.83. The molecule has 11 heteroatoms. The van der Waals surface area contributed by atoms with Crippen LogP contribution in [-0.4, -0.2) is 69.9 Å². The number of aromatic nitrogens is 3. The highest BCUT2D eigenvalue weighted by molar-refractivity contribution is 7.25. The van der Waals surface area contributed by atoms with Gasteiger partial charge in [0.25, 0.3) is 0 Å². The molecule has 0 N–H and O–H groups in total. The van der Waals surface area contributed by atoms with Gasteiger partial charge in [0.05, 0.1) is 0 Å². The van der Waals surface area contributed by atoms with Crippen molar-refractivity contribution in [2.24, 2.45) is 0 Å². The molecule has 252 valence electrons. The van der Waals surface area contributed by atoms with Crippen LogP contribution in [0.15, 0.2) is 133 Å². The highest BCUT2D eigenvalue weighted by Gasteiger charge is 2.22. The summed E-state index contributed by atoms with van der Waals surface area (Å²) in [5.74, 6) is 1.05. The summed E-state index contributed by atoms with van der Waals surface area (Å²) in [6.07, 6.45) is 0. The molecule has 10 aromatic rings. The van der Waals surface area contributed by atoms with Crippen LogP contribution in [0.2, 0.25) is 0 Å². The van der Waals surface area contributed by atoms with Crippen molar-refractivity contribution in [2.75, 3.05) is 0 Å². The van der Waals surface area contributed by atoms with Gasteiger partial charge in [0.1, 0.15) is 54.9 Å². The van der Waals surface area contributed by atoms with Crippen molar-refractivity contribution in [3.05, 3.63) is 133 Å². The van der Waals surface area contributed by atoms with Crippen LogP contribution in [0.1, 0.15) is 0 Å². The number of thiophene rings is 1. The lowest BCUT2D eigenvalue weighted by Crippen LogP contribution is -2.52. The highest BCUT2D eigenvalue weighted by Crippen LogP contribution is 2.40. The average molecular weight is 736 g/mol. The number of rotatable bonds is 5. The molecule has 0 aliphatic rings. The molecule has 58 heavy (non-hydrogen) atoms. The van der Waals surface area contributed by atoms with E-state index in [0.717, 1.165) is 53.6 Å².